The van der Waals surface area contributed by atoms with Crippen molar-refractivity contribution in [2.45, 2.75) is 32.1 Å². The van der Waals surface area contributed by atoms with Crippen LogP contribution < -0.4 is 15.4 Å². The summed E-state index contributed by atoms with van der Waals surface area (Å²) in [6.45, 7) is 1.84. The summed E-state index contributed by atoms with van der Waals surface area (Å²) in [5.74, 6) is -0.425. The number of carbonyl (C=O) groups is 1. The highest BCUT2D eigenvalue weighted by atomic mass is 19.4. The highest BCUT2D eigenvalue weighted by Crippen LogP contribution is 2.20. The molecule has 0 saturated heterocycles. The first-order valence-electron chi connectivity index (χ1n) is 9.06. The van der Waals surface area contributed by atoms with E-state index >= 15 is 0 Å². The maximum absolute atomic E-state index is 12.3. The van der Waals surface area contributed by atoms with Crippen LogP contribution in [0.25, 0.3) is 0 Å². The zero-order chi connectivity index (χ0) is 20.1. The van der Waals surface area contributed by atoms with Crippen molar-refractivity contribution in [1.82, 2.24) is 15.6 Å². The molecule has 1 aliphatic heterocycles. The number of nitrogens with one attached hydrogen (secondary N) is 2. The summed E-state index contributed by atoms with van der Waals surface area (Å²) in [7, 11) is 0. The van der Waals surface area contributed by atoms with Crippen LogP contribution in [-0.4, -0.2) is 36.3 Å². The molecule has 8 heteroatoms. The predicted molar refractivity (Wildman–Crippen MR) is 98.1 cm³/mol. The van der Waals surface area contributed by atoms with Gasteiger partial charge in [0.2, 0.25) is 5.88 Å². The quantitative estimate of drug-likeness (QED) is 0.792. The summed E-state index contributed by atoms with van der Waals surface area (Å²) in [5, 5.41) is 6.33. The number of amides is 1. The number of hydrogen-bond donors (Lipinski definition) is 2. The molecule has 0 saturated carbocycles. The van der Waals surface area contributed by atoms with Crippen molar-refractivity contribution in [3.63, 3.8) is 0 Å². The van der Waals surface area contributed by atoms with Gasteiger partial charge in [0, 0.05) is 37.0 Å². The van der Waals surface area contributed by atoms with Crippen molar-refractivity contribution >= 4 is 5.91 Å². The molecule has 0 fully saturated rings. The van der Waals surface area contributed by atoms with Gasteiger partial charge in [-0.25, -0.2) is 4.98 Å². The molecule has 150 valence electrons. The van der Waals surface area contributed by atoms with E-state index in [1.165, 1.54) is 29.5 Å². The minimum absolute atomic E-state index is 0.181. The minimum Gasteiger partial charge on any atom is -0.468 e. The predicted octanol–water partition coefficient (Wildman–Crippen LogP) is 3.10. The van der Waals surface area contributed by atoms with E-state index in [0.717, 1.165) is 13.0 Å². The van der Waals surface area contributed by atoms with Gasteiger partial charge in [0.25, 0.3) is 5.91 Å². The Morgan fingerprint density at radius 1 is 1.32 bits per heavy atom. The summed E-state index contributed by atoms with van der Waals surface area (Å²) in [4.78, 5) is 16.0. The van der Waals surface area contributed by atoms with E-state index in [2.05, 4.69) is 39.4 Å². The van der Waals surface area contributed by atoms with Gasteiger partial charge < -0.3 is 15.4 Å². The lowest BCUT2D eigenvalue weighted by atomic mass is 9.89. The molecule has 2 heterocycles. The lowest BCUT2D eigenvalue weighted by molar-refractivity contribution is -0.154. The Kier molecular flexibility index (Phi) is 6.18. The zero-order valence-electron chi connectivity index (χ0n) is 15.4. The second kappa shape index (κ2) is 8.60. The molecule has 2 atom stereocenters. The number of benzene rings is 1. The topological polar surface area (TPSA) is 63.2 Å². The van der Waals surface area contributed by atoms with E-state index in [9.17, 15) is 18.0 Å². The van der Waals surface area contributed by atoms with E-state index in [1.807, 2.05) is 12.1 Å². The van der Waals surface area contributed by atoms with E-state index in [-0.39, 0.29) is 29.3 Å². The van der Waals surface area contributed by atoms with E-state index in [1.54, 1.807) is 0 Å². The lowest BCUT2D eigenvalue weighted by Gasteiger charge is -2.31. The van der Waals surface area contributed by atoms with E-state index in [0.29, 0.717) is 6.54 Å². The van der Waals surface area contributed by atoms with Crippen LogP contribution in [0.15, 0.2) is 42.6 Å². The molecule has 0 bridgehead atoms. The highest BCUT2D eigenvalue weighted by Gasteiger charge is 2.29. The Hall–Kier alpha value is -2.61. The monoisotopic (exact) mass is 393 g/mol. The Balaban J connectivity index is 1.53. The van der Waals surface area contributed by atoms with Crippen molar-refractivity contribution in [3.8, 4) is 5.88 Å². The Bertz CT molecular complexity index is 826. The zero-order valence-corrected chi connectivity index (χ0v) is 15.4. The number of pyridine rings is 1. The summed E-state index contributed by atoms with van der Waals surface area (Å²) in [6.07, 6.45) is -2.32. The average Bonchev–Trinajstić information content (AvgIpc) is 2.69. The number of carbonyl (C=O) groups excluding carboxylic acids is 1. The second-order valence-electron chi connectivity index (χ2n) is 6.93. The minimum atomic E-state index is -4.46. The first-order valence-corrected chi connectivity index (χ1v) is 9.06. The fourth-order valence-electron chi connectivity index (χ4n) is 3.16. The number of ether oxygens (including phenoxy) is 1. The third kappa shape index (κ3) is 5.45. The van der Waals surface area contributed by atoms with Crippen LogP contribution in [0.2, 0.25) is 0 Å². The maximum atomic E-state index is 12.3. The number of halogens is 3. The summed E-state index contributed by atoms with van der Waals surface area (Å²) < 4.78 is 41.3. The summed E-state index contributed by atoms with van der Waals surface area (Å²) in [6, 6.07) is 11.1. The van der Waals surface area contributed by atoms with Gasteiger partial charge in [0.1, 0.15) is 0 Å². The second-order valence-corrected chi connectivity index (χ2v) is 6.93. The third-order valence-corrected chi connectivity index (χ3v) is 4.77. The Morgan fingerprint density at radius 2 is 2.07 bits per heavy atom. The van der Waals surface area contributed by atoms with Gasteiger partial charge in [-0.05, 0) is 29.5 Å². The van der Waals surface area contributed by atoms with Crippen molar-refractivity contribution in [1.29, 1.82) is 0 Å². The maximum Gasteiger partial charge on any atom is 0.422 e. The average molecular weight is 393 g/mol. The van der Waals surface area contributed by atoms with Crippen LogP contribution >= 0.6 is 0 Å². The normalized spacial score (nSPS) is 17.5. The Labute approximate surface area is 161 Å². The first kappa shape index (κ1) is 20.1. The number of rotatable bonds is 6. The molecule has 1 aromatic carbocycles. The molecule has 2 N–H and O–H groups in total. The molecule has 3 rings (SSSR count). The van der Waals surface area contributed by atoms with Gasteiger partial charge in [-0.1, -0.05) is 31.2 Å². The van der Waals surface area contributed by atoms with Gasteiger partial charge in [0.15, 0.2) is 6.61 Å². The van der Waals surface area contributed by atoms with Crippen molar-refractivity contribution in [2.75, 3.05) is 13.2 Å². The molecule has 0 unspecified atom stereocenters. The van der Waals surface area contributed by atoms with Crippen molar-refractivity contribution < 1.29 is 22.7 Å². The van der Waals surface area contributed by atoms with Crippen LogP contribution in [-0.2, 0) is 13.0 Å². The van der Waals surface area contributed by atoms with E-state index < -0.39 is 12.8 Å². The smallest absolute Gasteiger partial charge is 0.422 e. The SMILES string of the molecule is C[C@H](CNC(=O)c1ccnc(OCC(F)(F)F)c1)[C@@H]1Cc2ccccc2CN1. The highest BCUT2D eigenvalue weighted by molar-refractivity contribution is 5.94. The number of nitrogens with zero attached hydrogens (tertiary/aromatic N) is 1. The van der Waals surface area contributed by atoms with Gasteiger partial charge in [-0.15, -0.1) is 0 Å². The molecule has 2 aromatic rings. The molecule has 0 radical (unpaired) electrons. The molecular weight excluding hydrogens is 371 g/mol. The van der Waals surface area contributed by atoms with Crippen LogP contribution in [0.5, 0.6) is 5.88 Å². The van der Waals surface area contributed by atoms with Gasteiger partial charge in [-0.2, -0.15) is 13.2 Å². The van der Waals surface area contributed by atoms with Crippen LogP contribution in [0.1, 0.15) is 28.4 Å². The molecule has 1 aromatic heterocycles. The van der Waals surface area contributed by atoms with Gasteiger partial charge in [-0.3, -0.25) is 4.79 Å². The van der Waals surface area contributed by atoms with Crippen LogP contribution in [0.4, 0.5) is 13.2 Å². The van der Waals surface area contributed by atoms with Gasteiger partial charge in [0.05, 0.1) is 0 Å². The van der Waals surface area contributed by atoms with Gasteiger partial charge >= 0.3 is 6.18 Å². The number of fused-ring (bicyclic) bond motifs is 1. The third-order valence-electron chi connectivity index (χ3n) is 4.77. The molecule has 5 nitrogen and oxygen atoms in total. The largest absolute Gasteiger partial charge is 0.468 e. The van der Waals surface area contributed by atoms with Crippen molar-refractivity contribution in [3.05, 3.63) is 59.3 Å². The number of alkyl halides is 3. The van der Waals surface area contributed by atoms with Crippen LogP contribution in [0, 0.1) is 5.92 Å². The molecule has 28 heavy (non-hydrogen) atoms. The Morgan fingerprint density at radius 3 is 2.82 bits per heavy atom. The fraction of sp³-hybridized carbons (Fsp3) is 0.400. The van der Waals surface area contributed by atoms with Crippen LogP contribution in [0.3, 0.4) is 0 Å². The number of hydrogen-bond acceptors (Lipinski definition) is 4. The molecular formula is C20H22F3N3O2. The first-order chi connectivity index (χ1) is 13.3. The summed E-state index contributed by atoms with van der Waals surface area (Å²) in [5.41, 5.74) is 2.81. The molecule has 1 aliphatic rings. The number of aromatic nitrogens is 1. The van der Waals surface area contributed by atoms with Crippen molar-refractivity contribution in [2.24, 2.45) is 5.92 Å². The molecule has 0 aliphatic carbocycles. The standard InChI is InChI=1S/C20H22F3N3O2/c1-13(17-8-14-4-2-3-5-16(14)11-25-17)10-26-19(27)15-6-7-24-18(9-15)28-12-20(21,22)23/h2-7,9,13,17,25H,8,10-12H2,1H3,(H,26,27)/t13-,17+/m1/s1. The van der Waals surface area contributed by atoms with E-state index in [4.69, 9.17) is 0 Å². The lowest BCUT2D eigenvalue weighted by Crippen LogP contribution is -2.44. The molecule has 1 amide bonds. The fourth-order valence-corrected chi connectivity index (χ4v) is 3.16. The summed E-state index contributed by atoms with van der Waals surface area (Å²) >= 11 is 0. The molecule has 0 spiro atoms.